The Morgan fingerprint density at radius 3 is 1.60 bits per heavy atom. The molecule has 0 saturated carbocycles. The maximum atomic E-state index is 12.5. The number of carbonyl (C=O) groups is 9. The third-order valence-corrected chi connectivity index (χ3v) is 13.9. The summed E-state index contributed by atoms with van der Waals surface area (Å²) in [6, 6.07) is 23.3. The molecule has 3 aromatic carbocycles. The van der Waals surface area contributed by atoms with Gasteiger partial charge in [0.05, 0.1) is 35.2 Å². The lowest BCUT2D eigenvalue weighted by Gasteiger charge is -2.06. The number of carbonyl (C=O) groups excluding carboxylic acids is 7. The maximum absolute atomic E-state index is 12.5. The fourth-order valence-electron chi connectivity index (χ4n) is 5.42. The number of nitrogens with zero attached hydrogens (tertiary/aromatic N) is 1. The molecule has 5 heterocycles. The Morgan fingerprint density at radius 1 is 0.645 bits per heavy atom. The van der Waals surface area contributed by atoms with Gasteiger partial charge >= 0.3 is 11.9 Å². The van der Waals surface area contributed by atoms with Crippen molar-refractivity contribution in [3.63, 3.8) is 0 Å². The number of carboxylic acid groups (broad SMARTS) is 2. The summed E-state index contributed by atoms with van der Waals surface area (Å²) in [6.07, 6.45) is 4.14. The van der Waals surface area contributed by atoms with Crippen LogP contribution in [0.5, 0.6) is 0 Å². The quantitative estimate of drug-likeness (QED) is 0.0731. The van der Waals surface area contributed by atoms with Crippen LogP contribution in [0.2, 0.25) is 0 Å². The number of rotatable bonds is 10. The first-order valence-corrected chi connectivity index (χ1v) is 22.7. The molecule has 62 heavy (non-hydrogen) atoms. The fraction of sp³-hybridized carbons (Fsp3) is 0.100. The van der Waals surface area contributed by atoms with Crippen LogP contribution in [-0.2, 0) is 27.2 Å². The molecule has 0 bridgehead atoms. The minimum Gasteiger partial charge on any atom is -0.478 e. The highest BCUT2D eigenvalue weighted by molar-refractivity contribution is 9.11. The second-order valence-electron chi connectivity index (χ2n) is 12.7. The van der Waals surface area contributed by atoms with E-state index >= 15 is 0 Å². The van der Waals surface area contributed by atoms with Gasteiger partial charge in [0.15, 0.2) is 5.13 Å². The van der Waals surface area contributed by atoms with E-state index in [0.717, 1.165) is 60.0 Å². The molecule has 2 atom stereocenters. The summed E-state index contributed by atoms with van der Waals surface area (Å²) in [5.74, 6) is -3.23. The summed E-state index contributed by atoms with van der Waals surface area (Å²) in [5, 5.41) is 25.5. The van der Waals surface area contributed by atoms with Crippen molar-refractivity contribution in [1.82, 2.24) is 20.9 Å². The van der Waals surface area contributed by atoms with E-state index in [1.54, 1.807) is 66.1 Å². The number of benzene rings is 3. The number of hydrogen-bond acceptors (Lipinski definition) is 15. The van der Waals surface area contributed by atoms with Crippen LogP contribution in [0.25, 0.3) is 15.8 Å². The van der Waals surface area contributed by atoms with Crippen LogP contribution < -0.4 is 21.3 Å². The van der Waals surface area contributed by atoms with Gasteiger partial charge in [-0.05, 0) is 112 Å². The standard InChI is InChI=1S/C18H12BrN3O3S3.C11H9NO4S.C11H7NO4S/c19-14-6-5-11(26-14)13-8-20-17(27-13)21-15(23)10-3-1-9(2-4-10)7-12-16(24)22-18(25)28-12;2*13-9-8(17-11(16)12-9)5-6-1-3-7(4-2-6)10(14)15/h1-6,8,12H,7H2,(H,20,21,23)(H,22,24,25);1-4,8H,5H2,(H,14,15)(H,12,13,16);1-5H,(H,14,15)(H,12,13,16)/b;;8-5-. The van der Waals surface area contributed by atoms with E-state index in [2.05, 4.69) is 42.2 Å². The Balaban J connectivity index is 0.000000164. The minimum absolute atomic E-state index is 0.173. The van der Waals surface area contributed by atoms with Crippen LogP contribution in [0.4, 0.5) is 19.5 Å². The van der Waals surface area contributed by atoms with Crippen LogP contribution in [-0.4, -0.2) is 77.0 Å². The molecule has 0 aliphatic carbocycles. The number of nitrogens with one attached hydrogen (secondary N) is 4. The van der Waals surface area contributed by atoms with Crippen LogP contribution >= 0.6 is 73.9 Å². The zero-order valence-corrected chi connectivity index (χ0v) is 36.9. The molecule has 0 spiro atoms. The monoisotopic (exact) mass is 993 g/mol. The number of aromatic carboxylic acids is 2. The van der Waals surface area contributed by atoms with E-state index in [9.17, 15) is 43.2 Å². The number of imide groups is 3. The molecule has 2 unspecified atom stereocenters. The van der Waals surface area contributed by atoms with Gasteiger partial charge in [-0.1, -0.05) is 71.3 Å². The predicted octanol–water partition coefficient (Wildman–Crippen LogP) is 7.77. The average molecular weight is 995 g/mol. The van der Waals surface area contributed by atoms with Crippen LogP contribution in [0.15, 0.2) is 99.8 Å². The molecule has 3 fully saturated rings. The molecular weight excluding hydrogens is 967 g/mol. The van der Waals surface area contributed by atoms with Crippen molar-refractivity contribution in [2.45, 2.75) is 23.3 Å². The molecule has 8 rings (SSSR count). The van der Waals surface area contributed by atoms with E-state index in [-0.39, 0.29) is 39.3 Å². The highest BCUT2D eigenvalue weighted by atomic mass is 79.9. The van der Waals surface area contributed by atoms with Gasteiger partial charge in [-0.15, -0.1) is 11.3 Å². The van der Waals surface area contributed by atoms with Crippen molar-refractivity contribution in [2.75, 3.05) is 5.32 Å². The van der Waals surface area contributed by atoms with Crippen molar-refractivity contribution >= 4 is 136 Å². The van der Waals surface area contributed by atoms with E-state index < -0.39 is 33.6 Å². The van der Waals surface area contributed by atoms with Crippen LogP contribution in [0, 0.1) is 0 Å². The lowest BCUT2D eigenvalue weighted by atomic mass is 10.1. The lowest BCUT2D eigenvalue weighted by Crippen LogP contribution is -2.25. The summed E-state index contributed by atoms with van der Waals surface area (Å²) >= 11 is 9.24. The summed E-state index contributed by atoms with van der Waals surface area (Å²) in [6.45, 7) is 0. The predicted molar refractivity (Wildman–Crippen MR) is 241 cm³/mol. The molecule has 16 nitrogen and oxygen atoms in total. The van der Waals surface area contributed by atoms with Gasteiger partial charge < -0.3 is 10.2 Å². The Hall–Kier alpha value is -5.91. The van der Waals surface area contributed by atoms with Crippen LogP contribution in [0.1, 0.15) is 47.8 Å². The number of hydrogen-bond donors (Lipinski definition) is 6. The largest absolute Gasteiger partial charge is 0.478 e. The molecule has 7 amide bonds. The number of anilines is 1. The maximum Gasteiger partial charge on any atom is 0.335 e. The molecule has 5 aromatic rings. The second-order valence-corrected chi connectivity index (χ2v) is 19.6. The molecule has 22 heteroatoms. The normalized spacial score (nSPS) is 17.3. The molecule has 6 N–H and O–H groups in total. The highest BCUT2D eigenvalue weighted by Gasteiger charge is 2.32. The topological polar surface area (TPSA) is 255 Å². The zero-order chi connectivity index (χ0) is 44.5. The van der Waals surface area contributed by atoms with Gasteiger partial charge in [0, 0.05) is 16.6 Å². The number of halogens is 1. The molecule has 0 radical (unpaired) electrons. The van der Waals surface area contributed by atoms with Crippen molar-refractivity contribution < 1.29 is 53.4 Å². The number of thiazole rings is 1. The zero-order valence-electron chi connectivity index (χ0n) is 31.2. The van der Waals surface area contributed by atoms with Crippen molar-refractivity contribution in [3.05, 3.63) is 133 Å². The number of thiophene rings is 1. The molecule has 316 valence electrons. The van der Waals surface area contributed by atoms with Gasteiger partial charge in [0.25, 0.3) is 27.5 Å². The van der Waals surface area contributed by atoms with Gasteiger partial charge in [-0.25, -0.2) is 14.6 Å². The Kier molecular flexibility index (Phi) is 15.3. The first kappa shape index (κ1) is 45.6. The fourth-order valence-corrected chi connectivity index (χ4v) is 10.1. The van der Waals surface area contributed by atoms with E-state index in [1.165, 1.54) is 41.7 Å². The summed E-state index contributed by atoms with van der Waals surface area (Å²) in [4.78, 5) is 108. The van der Waals surface area contributed by atoms with Gasteiger partial charge in [-0.3, -0.25) is 54.8 Å². The summed E-state index contributed by atoms with van der Waals surface area (Å²) in [5.41, 5.74) is 3.26. The molecular formula is C40H28BrN5O11S5. The lowest BCUT2D eigenvalue weighted by molar-refractivity contribution is -0.119. The number of aromatic nitrogens is 1. The highest BCUT2D eigenvalue weighted by Crippen LogP contribution is 2.36. The number of thioether (sulfide) groups is 3. The van der Waals surface area contributed by atoms with Gasteiger partial charge in [-0.2, -0.15) is 0 Å². The number of amides is 7. The number of carboxylic acids is 2. The van der Waals surface area contributed by atoms with Crippen molar-refractivity contribution in [1.29, 1.82) is 0 Å². The van der Waals surface area contributed by atoms with E-state index in [0.29, 0.717) is 34.0 Å². The Bertz CT molecular complexity index is 2630. The molecule has 3 aliphatic rings. The SMILES string of the molecule is O=C1NC(=O)/C(=C/c2ccc(C(=O)O)cc2)S1.O=C1NC(=O)C(Cc2ccc(C(=O)Nc3ncc(-c4ccc(Br)s4)s3)cc2)S1.O=C1NC(=O)C(Cc2ccc(C(=O)O)cc2)S1. The van der Waals surface area contributed by atoms with Crippen molar-refractivity contribution in [2.24, 2.45) is 0 Å². The molecule has 2 aromatic heterocycles. The second kappa shape index (κ2) is 20.8. The van der Waals surface area contributed by atoms with E-state index in [4.69, 9.17) is 10.2 Å². The van der Waals surface area contributed by atoms with E-state index in [1.807, 2.05) is 12.1 Å². The third kappa shape index (κ3) is 12.6. The van der Waals surface area contributed by atoms with Gasteiger partial charge in [0.1, 0.15) is 0 Å². The minimum atomic E-state index is -1.01. The van der Waals surface area contributed by atoms with Crippen molar-refractivity contribution in [3.8, 4) is 9.75 Å². The average Bonchev–Trinajstić information content (AvgIpc) is 4.07. The molecule has 3 aliphatic heterocycles. The Labute approximate surface area is 379 Å². The Morgan fingerprint density at radius 2 is 1.16 bits per heavy atom. The smallest absolute Gasteiger partial charge is 0.335 e. The first-order chi connectivity index (χ1) is 29.6. The van der Waals surface area contributed by atoms with Crippen LogP contribution in [0.3, 0.4) is 0 Å². The summed E-state index contributed by atoms with van der Waals surface area (Å²) < 4.78 is 1.04. The summed E-state index contributed by atoms with van der Waals surface area (Å²) in [7, 11) is 0. The van der Waals surface area contributed by atoms with Gasteiger partial charge in [0.2, 0.25) is 11.8 Å². The molecule has 3 saturated heterocycles. The first-order valence-electron chi connectivity index (χ1n) is 17.7. The third-order valence-electron chi connectivity index (χ3n) is 8.43.